The van der Waals surface area contributed by atoms with Crippen molar-refractivity contribution < 1.29 is 32.2 Å². The highest BCUT2D eigenvalue weighted by molar-refractivity contribution is 6.31. The van der Waals surface area contributed by atoms with Crippen molar-refractivity contribution in [1.82, 2.24) is 4.57 Å². The third-order valence-electron chi connectivity index (χ3n) is 5.01. The Morgan fingerprint density at radius 3 is 2.39 bits per heavy atom. The lowest BCUT2D eigenvalue weighted by atomic mass is 10.1. The van der Waals surface area contributed by atoms with Gasteiger partial charge in [0.1, 0.15) is 5.75 Å². The minimum Gasteiger partial charge on any atom is -0.482 e. The van der Waals surface area contributed by atoms with Crippen LogP contribution in [0.4, 0.5) is 13.2 Å². The molecule has 3 aromatic rings. The van der Waals surface area contributed by atoms with Crippen LogP contribution < -0.4 is 4.74 Å². The largest absolute Gasteiger partial charge is 0.482 e. The van der Waals surface area contributed by atoms with Crippen LogP contribution in [0.15, 0.2) is 48.5 Å². The number of rotatable bonds is 7. The monoisotopic (exact) mass is 479 g/mol. The average molecular weight is 480 g/mol. The fraction of sp³-hybridized carbons (Fsp3) is 0.250. The number of nitrogens with zero attached hydrogens (tertiary/aromatic N) is 1. The van der Waals surface area contributed by atoms with E-state index in [0.717, 1.165) is 17.7 Å². The maximum absolute atomic E-state index is 13.1. The Balaban J connectivity index is 1.66. The first-order valence-corrected chi connectivity index (χ1v) is 10.3. The summed E-state index contributed by atoms with van der Waals surface area (Å²) in [7, 11) is 0. The number of carbonyl (C=O) groups is 2. The standard InChI is InChI=1S/C24H21ClF3NO4/c1-14-9-19(7-8-21(14)25)32-13-23(31)33-12-22(30)20-10-15(2)29(16(20)3)18-6-4-5-17(11-18)24(26,27)28/h4-11H,12-13H2,1-3H3. The van der Waals surface area contributed by atoms with Crippen molar-refractivity contribution in [1.29, 1.82) is 0 Å². The van der Waals surface area contributed by atoms with Gasteiger partial charge in [-0.15, -0.1) is 0 Å². The number of halogens is 4. The summed E-state index contributed by atoms with van der Waals surface area (Å²) in [5, 5.41) is 0.568. The van der Waals surface area contributed by atoms with Crippen LogP contribution in [0, 0.1) is 20.8 Å². The highest BCUT2D eigenvalue weighted by Gasteiger charge is 2.31. The van der Waals surface area contributed by atoms with E-state index in [9.17, 15) is 22.8 Å². The van der Waals surface area contributed by atoms with E-state index in [4.69, 9.17) is 21.1 Å². The van der Waals surface area contributed by atoms with Crippen LogP contribution in [0.1, 0.15) is 32.9 Å². The molecule has 0 saturated heterocycles. The summed E-state index contributed by atoms with van der Waals surface area (Å²) >= 11 is 5.94. The second kappa shape index (κ2) is 9.70. The molecule has 0 atom stereocenters. The lowest BCUT2D eigenvalue weighted by Gasteiger charge is -2.13. The average Bonchev–Trinajstić information content (AvgIpc) is 3.06. The third kappa shape index (κ3) is 5.76. The number of hydrogen-bond donors (Lipinski definition) is 0. The Hall–Kier alpha value is -3.26. The van der Waals surface area contributed by atoms with Crippen molar-refractivity contribution in [3.8, 4) is 11.4 Å². The molecule has 0 aliphatic heterocycles. The fourth-order valence-electron chi connectivity index (χ4n) is 3.38. The molecule has 9 heteroatoms. The lowest BCUT2D eigenvalue weighted by molar-refractivity contribution is -0.144. The van der Waals surface area contributed by atoms with Crippen LogP contribution in [0.3, 0.4) is 0 Å². The zero-order chi connectivity index (χ0) is 24.3. The molecule has 0 aliphatic rings. The van der Waals surface area contributed by atoms with Crippen LogP contribution >= 0.6 is 11.6 Å². The number of carbonyl (C=O) groups excluding carboxylic acids is 2. The Kier molecular flexibility index (Phi) is 7.17. The van der Waals surface area contributed by atoms with Gasteiger partial charge in [-0.05, 0) is 68.8 Å². The van der Waals surface area contributed by atoms with E-state index in [1.807, 2.05) is 0 Å². The van der Waals surface area contributed by atoms with Crippen LogP contribution in [0.2, 0.25) is 5.02 Å². The Bertz CT molecular complexity index is 1200. The Morgan fingerprint density at radius 1 is 1.00 bits per heavy atom. The summed E-state index contributed by atoms with van der Waals surface area (Å²) in [4.78, 5) is 24.6. The number of Topliss-reactive ketones (excluding diaryl/α,β-unsaturated/α-hetero) is 1. The van der Waals surface area contributed by atoms with E-state index >= 15 is 0 Å². The van der Waals surface area contributed by atoms with Gasteiger partial charge in [0.2, 0.25) is 5.78 Å². The summed E-state index contributed by atoms with van der Waals surface area (Å²) in [5.41, 5.74) is 1.55. The van der Waals surface area contributed by atoms with E-state index in [0.29, 0.717) is 22.2 Å². The summed E-state index contributed by atoms with van der Waals surface area (Å²) < 4.78 is 51.1. The number of ketones is 1. The van der Waals surface area contributed by atoms with Crippen LogP contribution in [0.25, 0.3) is 5.69 Å². The molecule has 0 bridgehead atoms. The number of aryl methyl sites for hydroxylation is 2. The number of esters is 1. The van der Waals surface area contributed by atoms with Crippen LogP contribution in [-0.4, -0.2) is 29.5 Å². The van der Waals surface area contributed by atoms with E-state index in [-0.39, 0.29) is 11.3 Å². The molecule has 1 aromatic heterocycles. The summed E-state index contributed by atoms with van der Waals surface area (Å²) in [6.07, 6.45) is -4.48. The third-order valence-corrected chi connectivity index (χ3v) is 5.44. The number of hydrogen-bond acceptors (Lipinski definition) is 4. The van der Waals surface area contributed by atoms with E-state index in [1.165, 1.54) is 12.1 Å². The Morgan fingerprint density at radius 2 is 1.73 bits per heavy atom. The molecular formula is C24H21ClF3NO4. The molecule has 3 rings (SSSR count). The second-order valence-corrected chi connectivity index (χ2v) is 7.86. The van der Waals surface area contributed by atoms with E-state index in [2.05, 4.69) is 0 Å². The molecule has 0 aliphatic carbocycles. The maximum Gasteiger partial charge on any atom is 0.416 e. The van der Waals surface area contributed by atoms with Gasteiger partial charge < -0.3 is 14.0 Å². The minimum atomic E-state index is -4.48. The SMILES string of the molecule is Cc1cc(OCC(=O)OCC(=O)c2cc(C)n(-c3cccc(C(F)(F)F)c3)c2C)ccc1Cl. The molecule has 0 fully saturated rings. The maximum atomic E-state index is 13.1. The zero-order valence-corrected chi connectivity index (χ0v) is 18.9. The molecule has 0 saturated carbocycles. The van der Waals surface area contributed by atoms with Gasteiger partial charge >= 0.3 is 12.1 Å². The Labute approximate surface area is 193 Å². The predicted octanol–water partition coefficient (Wildman–Crippen LogP) is 5.88. The molecule has 5 nitrogen and oxygen atoms in total. The van der Waals surface area contributed by atoms with Gasteiger partial charge in [0.25, 0.3) is 0 Å². The van der Waals surface area contributed by atoms with Gasteiger partial charge in [-0.3, -0.25) is 4.79 Å². The van der Waals surface area contributed by atoms with Crippen molar-refractivity contribution in [2.45, 2.75) is 26.9 Å². The number of ether oxygens (including phenoxy) is 2. The lowest BCUT2D eigenvalue weighted by Crippen LogP contribution is -2.20. The van der Waals surface area contributed by atoms with E-state index < -0.39 is 36.7 Å². The molecule has 0 radical (unpaired) electrons. The quantitative estimate of drug-likeness (QED) is 0.314. The highest BCUT2D eigenvalue weighted by atomic mass is 35.5. The normalized spacial score (nSPS) is 11.4. The summed E-state index contributed by atoms with van der Waals surface area (Å²) in [6, 6.07) is 11.3. The fourth-order valence-corrected chi connectivity index (χ4v) is 3.50. The molecule has 174 valence electrons. The van der Waals surface area contributed by atoms with Crippen molar-refractivity contribution in [3.63, 3.8) is 0 Å². The number of aromatic nitrogens is 1. The van der Waals surface area contributed by atoms with Crippen molar-refractivity contribution in [2.24, 2.45) is 0 Å². The molecule has 0 amide bonds. The smallest absolute Gasteiger partial charge is 0.416 e. The highest BCUT2D eigenvalue weighted by Crippen LogP contribution is 2.31. The summed E-state index contributed by atoms with van der Waals surface area (Å²) in [6.45, 7) is 4.18. The first-order chi connectivity index (χ1) is 15.5. The number of benzene rings is 2. The minimum absolute atomic E-state index is 0.256. The molecule has 33 heavy (non-hydrogen) atoms. The predicted molar refractivity (Wildman–Crippen MR) is 117 cm³/mol. The molecular weight excluding hydrogens is 459 g/mol. The molecule has 0 spiro atoms. The van der Waals surface area contributed by atoms with Crippen molar-refractivity contribution in [3.05, 3.63) is 81.6 Å². The first-order valence-electron chi connectivity index (χ1n) is 9.91. The van der Waals surface area contributed by atoms with Crippen molar-refractivity contribution >= 4 is 23.4 Å². The van der Waals surface area contributed by atoms with Crippen molar-refractivity contribution in [2.75, 3.05) is 13.2 Å². The molecule has 1 heterocycles. The van der Waals surface area contributed by atoms with Gasteiger partial charge in [0.05, 0.1) is 5.56 Å². The van der Waals surface area contributed by atoms with Gasteiger partial charge in [-0.1, -0.05) is 17.7 Å². The summed E-state index contributed by atoms with van der Waals surface area (Å²) in [5.74, 6) is -0.774. The van der Waals surface area contributed by atoms with Gasteiger partial charge in [0, 0.05) is 27.7 Å². The first kappa shape index (κ1) is 24.4. The van der Waals surface area contributed by atoms with Crippen LogP contribution in [-0.2, 0) is 15.7 Å². The zero-order valence-electron chi connectivity index (χ0n) is 18.1. The van der Waals surface area contributed by atoms with Gasteiger partial charge in [0.15, 0.2) is 13.2 Å². The molecule has 0 N–H and O–H groups in total. The number of alkyl halides is 3. The topological polar surface area (TPSA) is 57.5 Å². The second-order valence-electron chi connectivity index (χ2n) is 7.45. The molecule has 0 unspecified atom stereocenters. The van der Waals surface area contributed by atoms with Crippen LogP contribution in [0.5, 0.6) is 5.75 Å². The molecule has 2 aromatic carbocycles. The van der Waals surface area contributed by atoms with Gasteiger partial charge in [-0.25, -0.2) is 4.79 Å². The van der Waals surface area contributed by atoms with Gasteiger partial charge in [-0.2, -0.15) is 13.2 Å². The van der Waals surface area contributed by atoms with E-state index in [1.54, 1.807) is 49.6 Å².